The second-order valence-corrected chi connectivity index (χ2v) is 6.24. The summed E-state index contributed by atoms with van der Waals surface area (Å²) in [4.78, 5) is 4.53. The van der Waals surface area contributed by atoms with Gasteiger partial charge in [-0.2, -0.15) is 0 Å². The Morgan fingerprint density at radius 1 is 1.12 bits per heavy atom. The van der Waals surface area contributed by atoms with E-state index in [1.54, 1.807) is 0 Å². The molecule has 0 spiro atoms. The molecule has 2 aromatic rings. The average molecular weight is 280 g/mol. The van der Waals surface area contributed by atoms with Gasteiger partial charge < -0.3 is 0 Å². The van der Waals surface area contributed by atoms with E-state index in [9.17, 15) is 0 Å². The van der Waals surface area contributed by atoms with Crippen molar-refractivity contribution in [3.05, 3.63) is 30.3 Å². The second-order valence-electron chi connectivity index (χ2n) is 4.66. The van der Waals surface area contributed by atoms with Crippen LogP contribution in [0.2, 0.25) is 0 Å². The zero-order valence-electron chi connectivity index (χ0n) is 9.69. The molecule has 0 saturated heterocycles. The molecule has 1 aromatic heterocycles. The molecule has 16 heavy (non-hydrogen) atoms. The Balaban J connectivity index is 2.21. The summed E-state index contributed by atoms with van der Waals surface area (Å²) >= 11 is 0.0957. The van der Waals surface area contributed by atoms with Crippen molar-refractivity contribution < 1.29 is 0 Å². The van der Waals surface area contributed by atoms with Gasteiger partial charge >= 0.3 is 102 Å². The van der Waals surface area contributed by atoms with Crippen LogP contribution in [0.1, 0.15) is 20.8 Å². The summed E-state index contributed by atoms with van der Waals surface area (Å²) in [6.07, 6.45) is 0. The molecule has 1 N–H and O–H groups in total. The van der Waals surface area contributed by atoms with Crippen LogP contribution in [0, 0.1) is 0 Å². The number of nitrogens with zero attached hydrogens (tertiary/aromatic N) is 2. The molecule has 0 bridgehead atoms. The van der Waals surface area contributed by atoms with Crippen LogP contribution in [0.3, 0.4) is 0 Å². The van der Waals surface area contributed by atoms with Crippen LogP contribution < -0.4 is 5.32 Å². The Kier molecular flexibility index (Phi) is 3.12. The van der Waals surface area contributed by atoms with Crippen molar-refractivity contribution in [2.75, 3.05) is 5.32 Å². The van der Waals surface area contributed by atoms with Crippen molar-refractivity contribution in [3.8, 4) is 11.4 Å². The third kappa shape index (κ3) is 2.94. The molecule has 1 aromatic carbocycles. The minimum atomic E-state index is 0.0578. The number of aromatic nitrogens is 2. The van der Waals surface area contributed by atoms with Crippen LogP contribution in [0.4, 0.5) is 4.69 Å². The van der Waals surface area contributed by atoms with E-state index in [0.29, 0.717) is 0 Å². The van der Waals surface area contributed by atoms with Gasteiger partial charge in [-0.25, -0.2) is 0 Å². The van der Waals surface area contributed by atoms with E-state index in [1.807, 2.05) is 30.3 Å². The van der Waals surface area contributed by atoms with Crippen molar-refractivity contribution in [3.63, 3.8) is 0 Å². The van der Waals surface area contributed by atoms with Gasteiger partial charge in [0.05, 0.1) is 0 Å². The fourth-order valence-electron chi connectivity index (χ4n) is 1.30. The van der Waals surface area contributed by atoms with E-state index < -0.39 is 0 Å². The molecule has 0 unspecified atom stereocenters. The quantitative estimate of drug-likeness (QED) is 0.858. The third-order valence-corrected chi connectivity index (χ3v) is 3.26. The zero-order chi connectivity index (χ0) is 11.6. The number of benzene rings is 1. The molecule has 4 heteroatoms. The van der Waals surface area contributed by atoms with E-state index >= 15 is 0 Å². The number of anilines is 1. The molecule has 2 rings (SSSR count). The van der Waals surface area contributed by atoms with Gasteiger partial charge in [0, 0.05) is 0 Å². The molecule has 84 valence electrons. The van der Waals surface area contributed by atoms with Crippen LogP contribution in [-0.2, 0) is 0 Å². The maximum absolute atomic E-state index is 4.53. The normalized spacial score (nSPS) is 11.4. The summed E-state index contributed by atoms with van der Waals surface area (Å²) < 4.78 is 5.50. The SMILES string of the molecule is CC(C)(C)Nc1nc(-c2ccccc2)n[se]1. The van der Waals surface area contributed by atoms with Crippen molar-refractivity contribution >= 4 is 19.4 Å². The number of hydrogen-bond donors (Lipinski definition) is 1. The molecule has 0 aliphatic carbocycles. The Morgan fingerprint density at radius 2 is 1.81 bits per heavy atom. The van der Waals surface area contributed by atoms with Gasteiger partial charge in [0.1, 0.15) is 0 Å². The summed E-state index contributed by atoms with van der Waals surface area (Å²) in [6, 6.07) is 10.1. The third-order valence-electron chi connectivity index (χ3n) is 1.94. The van der Waals surface area contributed by atoms with Gasteiger partial charge in [0.15, 0.2) is 0 Å². The number of nitrogens with one attached hydrogen (secondary N) is 1. The van der Waals surface area contributed by atoms with Crippen molar-refractivity contribution in [2.24, 2.45) is 0 Å². The van der Waals surface area contributed by atoms with E-state index in [1.165, 1.54) is 0 Å². The fraction of sp³-hybridized carbons (Fsp3) is 0.333. The minimum absolute atomic E-state index is 0.0578. The first-order chi connectivity index (χ1) is 7.54. The van der Waals surface area contributed by atoms with Crippen LogP contribution in [0.25, 0.3) is 11.4 Å². The van der Waals surface area contributed by atoms with Gasteiger partial charge in [0.25, 0.3) is 0 Å². The first-order valence-electron chi connectivity index (χ1n) is 5.22. The number of rotatable bonds is 2. The fourth-order valence-corrected chi connectivity index (χ4v) is 2.97. The van der Waals surface area contributed by atoms with E-state index in [2.05, 4.69) is 35.1 Å². The van der Waals surface area contributed by atoms with Crippen molar-refractivity contribution in [1.29, 1.82) is 0 Å². The average Bonchev–Trinajstić information content (AvgIpc) is 2.65. The Hall–Kier alpha value is -1.12. The molecule has 0 radical (unpaired) electrons. The molecule has 0 aliphatic rings. The maximum atomic E-state index is 4.53. The zero-order valence-corrected chi connectivity index (χ0v) is 11.4. The van der Waals surface area contributed by atoms with E-state index in [0.717, 1.165) is 16.1 Å². The molecule has 3 nitrogen and oxygen atoms in total. The van der Waals surface area contributed by atoms with Crippen LogP contribution in [0.5, 0.6) is 0 Å². The van der Waals surface area contributed by atoms with Crippen LogP contribution in [-0.4, -0.2) is 29.2 Å². The summed E-state index contributed by atoms with van der Waals surface area (Å²) in [5.41, 5.74) is 1.15. The van der Waals surface area contributed by atoms with Gasteiger partial charge in [-0.05, 0) is 0 Å². The van der Waals surface area contributed by atoms with E-state index in [-0.39, 0.29) is 20.3 Å². The predicted octanol–water partition coefficient (Wildman–Crippen LogP) is 2.41. The van der Waals surface area contributed by atoms with Crippen LogP contribution >= 0.6 is 0 Å². The van der Waals surface area contributed by atoms with Gasteiger partial charge in [-0.1, -0.05) is 0 Å². The molecule has 0 aliphatic heterocycles. The first kappa shape index (κ1) is 11.4. The monoisotopic (exact) mass is 281 g/mol. The molecule has 0 atom stereocenters. The van der Waals surface area contributed by atoms with Gasteiger partial charge in [-0.15, -0.1) is 0 Å². The standard InChI is InChI=1S/C12H15N3Se/c1-12(2,3)14-11-13-10(15-16-11)9-7-5-4-6-8-9/h4-8H,1-3H3,(H,13,14,15). The predicted molar refractivity (Wildman–Crippen MR) is 67.8 cm³/mol. The topological polar surface area (TPSA) is 37.8 Å². The van der Waals surface area contributed by atoms with Crippen molar-refractivity contribution in [2.45, 2.75) is 26.3 Å². The molecular weight excluding hydrogens is 265 g/mol. The van der Waals surface area contributed by atoms with Gasteiger partial charge in [0.2, 0.25) is 0 Å². The summed E-state index contributed by atoms with van der Waals surface area (Å²) in [6.45, 7) is 6.39. The molecule has 1 heterocycles. The number of hydrogen-bond acceptors (Lipinski definition) is 3. The summed E-state index contributed by atoms with van der Waals surface area (Å²) in [7, 11) is 0. The van der Waals surface area contributed by atoms with Crippen molar-refractivity contribution in [1.82, 2.24) is 8.96 Å². The van der Waals surface area contributed by atoms with Gasteiger partial charge in [-0.3, -0.25) is 0 Å². The summed E-state index contributed by atoms with van der Waals surface area (Å²) in [5, 5.41) is 3.38. The second kappa shape index (κ2) is 4.40. The van der Waals surface area contributed by atoms with Crippen LogP contribution in [0.15, 0.2) is 30.3 Å². The Morgan fingerprint density at radius 3 is 2.44 bits per heavy atom. The molecule has 0 saturated carbocycles. The first-order valence-corrected chi connectivity index (χ1v) is 6.84. The Bertz CT molecular complexity index is 457. The molecule has 0 amide bonds. The summed E-state index contributed by atoms with van der Waals surface area (Å²) in [5.74, 6) is 0.854. The molecular formula is C12H15N3Se. The Labute approximate surface area is 102 Å². The van der Waals surface area contributed by atoms with E-state index in [4.69, 9.17) is 0 Å². The molecule has 0 fully saturated rings.